The molecule has 0 saturated heterocycles. The molecule has 0 N–H and O–H groups in total. The van der Waals surface area contributed by atoms with E-state index in [0.717, 1.165) is 0 Å². The van der Waals surface area contributed by atoms with Crippen LogP contribution in [-0.4, -0.2) is 7.28 Å². The van der Waals surface area contributed by atoms with Crippen LogP contribution in [0.4, 0.5) is 0 Å². The summed E-state index contributed by atoms with van der Waals surface area (Å²) in [5.74, 6) is 0. The molecule has 0 amide bonds. The molecule has 2 rings (SSSR count). The van der Waals surface area contributed by atoms with Crippen molar-refractivity contribution in [3.8, 4) is 0 Å². The van der Waals surface area contributed by atoms with Crippen LogP contribution in [0.1, 0.15) is 26.3 Å². The van der Waals surface area contributed by atoms with Gasteiger partial charge in [0.15, 0.2) is 0 Å². The second-order valence-electron chi connectivity index (χ2n) is 5.33. The Morgan fingerprint density at radius 2 is 1.69 bits per heavy atom. The predicted molar refractivity (Wildman–Crippen MR) is 73.9 cm³/mol. The lowest BCUT2D eigenvalue weighted by Gasteiger charge is -2.22. The Labute approximate surface area is 98.9 Å². The van der Waals surface area contributed by atoms with Crippen LogP contribution in [-0.2, 0) is 5.41 Å². The molecule has 0 saturated carbocycles. The van der Waals surface area contributed by atoms with Gasteiger partial charge in [-0.15, -0.1) is 0 Å². The summed E-state index contributed by atoms with van der Waals surface area (Å²) in [6.07, 6.45) is 0. The first kappa shape index (κ1) is 11.3. The van der Waals surface area contributed by atoms with E-state index in [0.29, 0.717) is 0 Å². The van der Waals surface area contributed by atoms with Gasteiger partial charge in [0.25, 0.3) is 0 Å². The van der Waals surface area contributed by atoms with Gasteiger partial charge in [0.1, 0.15) is 7.28 Å². The summed E-state index contributed by atoms with van der Waals surface area (Å²) in [5, 5.41) is 2.71. The summed E-state index contributed by atoms with van der Waals surface area (Å²) in [5.41, 5.74) is 2.93. The van der Waals surface area contributed by atoms with Gasteiger partial charge < -0.3 is 0 Å². The molecule has 1 radical (unpaired) electrons. The Kier molecular flexibility index (Phi) is 2.79. The molecule has 2 aromatic rings. The number of hydrogen-bond donors (Lipinski definition) is 0. The highest BCUT2D eigenvalue weighted by molar-refractivity contribution is 6.52. The first-order chi connectivity index (χ1) is 7.52. The van der Waals surface area contributed by atoms with Gasteiger partial charge in [0.2, 0.25) is 0 Å². The highest BCUT2D eigenvalue weighted by Gasteiger charge is 2.17. The van der Waals surface area contributed by atoms with Crippen molar-refractivity contribution in [2.45, 2.75) is 33.0 Å². The Morgan fingerprint density at radius 3 is 2.31 bits per heavy atom. The fraction of sp³-hybridized carbons (Fsp3) is 0.333. The third kappa shape index (κ3) is 1.99. The second-order valence-corrected chi connectivity index (χ2v) is 5.33. The van der Waals surface area contributed by atoms with Crippen LogP contribution in [0, 0.1) is 0 Å². The van der Waals surface area contributed by atoms with E-state index in [9.17, 15) is 0 Å². The normalized spacial score (nSPS) is 11.8. The van der Waals surface area contributed by atoms with Crippen LogP contribution in [0.5, 0.6) is 0 Å². The number of hydrogen-bond acceptors (Lipinski definition) is 0. The van der Waals surface area contributed by atoms with E-state index in [4.69, 9.17) is 0 Å². The maximum Gasteiger partial charge on any atom is 0.148 e. The Morgan fingerprint density at radius 1 is 1.00 bits per heavy atom. The molecule has 0 aliphatic carbocycles. The smallest absolute Gasteiger partial charge is 0.0872 e. The second kappa shape index (κ2) is 3.97. The summed E-state index contributed by atoms with van der Waals surface area (Å²) >= 11 is 0. The van der Waals surface area contributed by atoms with Gasteiger partial charge in [-0.05, 0) is 21.8 Å². The molecule has 0 fully saturated rings. The number of rotatable bonds is 1. The minimum atomic E-state index is 0.193. The van der Waals surface area contributed by atoms with Crippen LogP contribution in [0.2, 0.25) is 6.82 Å². The zero-order valence-electron chi connectivity index (χ0n) is 10.5. The molecule has 0 nitrogen and oxygen atoms in total. The van der Waals surface area contributed by atoms with Crippen molar-refractivity contribution in [2.75, 3.05) is 0 Å². The van der Waals surface area contributed by atoms with Gasteiger partial charge in [-0.1, -0.05) is 69.5 Å². The molecule has 0 unspecified atom stereocenters. The molecule has 0 bridgehead atoms. The summed E-state index contributed by atoms with van der Waals surface area (Å²) < 4.78 is 0. The van der Waals surface area contributed by atoms with E-state index in [2.05, 4.69) is 71.3 Å². The van der Waals surface area contributed by atoms with Crippen LogP contribution < -0.4 is 5.46 Å². The van der Waals surface area contributed by atoms with Crippen LogP contribution in [0.3, 0.4) is 0 Å². The van der Waals surface area contributed by atoms with Crippen molar-refractivity contribution in [2.24, 2.45) is 0 Å². The van der Waals surface area contributed by atoms with E-state index < -0.39 is 0 Å². The summed E-state index contributed by atoms with van der Waals surface area (Å²) in [6.45, 7) is 8.91. The summed E-state index contributed by atoms with van der Waals surface area (Å²) in [7, 11) is 2.17. The Bertz CT molecular complexity index is 506. The SMILES string of the molecule is C[B]c1cc(C(C)(C)C)c2ccccc2c1. The highest BCUT2D eigenvalue weighted by atomic mass is 14.2. The number of benzene rings is 2. The largest absolute Gasteiger partial charge is 0.148 e. The maximum atomic E-state index is 2.31. The lowest BCUT2D eigenvalue weighted by molar-refractivity contribution is 0.596. The monoisotopic (exact) mass is 209 g/mol. The van der Waals surface area contributed by atoms with Crippen molar-refractivity contribution in [3.05, 3.63) is 42.0 Å². The van der Waals surface area contributed by atoms with Crippen molar-refractivity contribution in [3.63, 3.8) is 0 Å². The summed E-state index contributed by atoms with van der Waals surface area (Å²) in [4.78, 5) is 0. The number of fused-ring (bicyclic) bond motifs is 1. The Hall–Kier alpha value is -1.24. The molecule has 1 heteroatoms. The third-order valence-electron chi connectivity index (χ3n) is 3.03. The van der Waals surface area contributed by atoms with E-state index >= 15 is 0 Å². The molecule has 0 heterocycles. The Balaban J connectivity index is 2.79. The highest BCUT2D eigenvalue weighted by Crippen LogP contribution is 2.28. The van der Waals surface area contributed by atoms with Gasteiger partial charge in [-0.2, -0.15) is 0 Å². The van der Waals surface area contributed by atoms with Crippen molar-refractivity contribution >= 4 is 23.5 Å². The van der Waals surface area contributed by atoms with Crippen LogP contribution in [0.15, 0.2) is 36.4 Å². The van der Waals surface area contributed by atoms with E-state index in [1.54, 1.807) is 0 Å². The van der Waals surface area contributed by atoms with Gasteiger partial charge >= 0.3 is 0 Å². The lowest BCUT2D eigenvalue weighted by Crippen LogP contribution is -2.18. The first-order valence-electron chi connectivity index (χ1n) is 5.85. The lowest BCUT2D eigenvalue weighted by atomic mass is 9.70. The molecule has 0 atom stereocenters. The zero-order chi connectivity index (χ0) is 11.8. The summed E-state index contributed by atoms with van der Waals surface area (Å²) in [6, 6.07) is 13.2. The molecule has 81 valence electrons. The topological polar surface area (TPSA) is 0 Å². The zero-order valence-corrected chi connectivity index (χ0v) is 10.5. The van der Waals surface area contributed by atoms with Crippen LogP contribution >= 0.6 is 0 Å². The molecular formula is C15H18B. The van der Waals surface area contributed by atoms with Gasteiger partial charge in [0, 0.05) is 0 Å². The van der Waals surface area contributed by atoms with Crippen LogP contribution in [0.25, 0.3) is 10.8 Å². The fourth-order valence-electron chi connectivity index (χ4n) is 2.12. The van der Waals surface area contributed by atoms with Gasteiger partial charge in [-0.25, -0.2) is 0 Å². The average Bonchev–Trinajstić information content (AvgIpc) is 2.26. The minimum Gasteiger partial charge on any atom is -0.0872 e. The van der Waals surface area contributed by atoms with Crippen molar-refractivity contribution in [1.29, 1.82) is 0 Å². The molecule has 2 aromatic carbocycles. The molecule has 0 spiro atoms. The van der Waals surface area contributed by atoms with Gasteiger partial charge in [-0.3, -0.25) is 0 Å². The first-order valence-corrected chi connectivity index (χ1v) is 5.85. The van der Waals surface area contributed by atoms with E-state index in [-0.39, 0.29) is 5.41 Å². The molecular weight excluding hydrogens is 191 g/mol. The quantitative estimate of drug-likeness (QED) is 0.630. The molecule has 0 aromatic heterocycles. The molecule has 16 heavy (non-hydrogen) atoms. The van der Waals surface area contributed by atoms with E-state index in [1.807, 2.05) is 0 Å². The standard InChI is InChI=1S/C15H18B/c1-15(2,3)14-10-12(16-4)9-11-7-5-6-8-13(11)14/h5-10H,1-4H3. The van der Waals surface area contributed by atoms with E-state index in [1.165, 1.54) is 21.8 Å². The maximum absolute atomic E-state index is 2.31. The predicted octanol–water partition coefficient (Wildman–Crippen LogP) is 3.51. The third-order valence-corrected chi connectivity index (χ3v) is 3.03. The fourth-order valence-corrected chi connectivity index (χ4v) is 2.12. The van der Waals surface area contributed by atoms with Crippen molar-refractivity contribution < 1.29 is 0 Å². The van der Waals surface area contributed by atoms with Gasteiger partial charge in [0.05, 0.1) is 0 Å². The molecule has 0 aliphatic rings. The average molecular weight is 209 g/mol. The van der Waals surface area contributed by atoms with Crippen molar-refractivity contribution in [1.82, 2.24) is 0 Å². The molecule has 0 aliphatic heterocycles. The minimum absolute atomic E-state index is 0.193.